The van der Waals surface area contributed by atoms with Crippen molar-refractivity contribution < 1.29 is 27.1 Å². The summed E-state index contributed by atoms with van der Waals surface area (Å²) in [4.78, 5) is 19.3. The third kappa shape index (κ3) is 6.91. The number of amides is 1. The van der Waals surface area contributed by atoms with E-state index in [0.717, 1.165) is 17.0 Å². The number of oxazole rings is 1. The van der Waals surface area contributed by atoms with E-state index in [1.165, 1.54) is 19.4 Å². The van der Waals surface area contributed by atoms with E-state index in [2.05, 4.69) is 10.3 Å². The molecule has 166 valence electrons. The van der Waals surface area contributed by atoms with Gasteiger partial charge in [0.05, 0.1) is 18.7 Å². The minimum atomic E-state index is -4.40. The fourth-order valence-corrected chi connectivity index (χ4v) is 3.68. The Bertz CT molecular complexity index is 974. The molecule has 0 saturated carbocycles. The Kier molecular flexibility index (Phi) is 7.83. The maximum Gasteiger partial charge on any atom is 0.416 e. The zero-order valence-electron chi connectivity index (χ0n) is 16.8. The minimum absolute atomic E-state index is 0.140. The van der Waals surface area contributed by atoms with Crippen molar-refractivity contribution in [2.75, 3.05) is 20.3 Å². The normalized spacial score (nSPS) is 11.8. The predicted octanol–water partition coefficient (Wildman–Crippen LogP) is 4.33. The summed E-state index contributed by atoms with van der Waals surface area (Å²) in [6.45, 7) is 1.73. The summed E-state index contributed by atoms with van der Waals surface area (Å²) in [5, 5.41) is 4.59. The zero-order valence-corrected chi connectivity index (χ0v) is 17.6. The second-order valence-corrected chi connectivity index (χ2v) is 7.83. The van der Waals surface area contributed by atoms with Crippen LogP contribution in [-0.2, 0) is 30.5 Å². The van der Waals surface area contributed by atoms with Gasteiger partial charge in [-0.25, -0.2) is 4.98 Å². The number of thiophene rings is 1. The average molecular weight is 453 g/mol. The lowest BCUT2D eigenvalue weighted by Crippen LogP contribution is -2.27. The number of carbonyl (C=O) groups excluding carboxylic acids is 1. The van der Waals surface area contributed by atoms with Gasteiger partial charge in [0.1, 0.15) is 6.26 Å². The first-order chi connectivity index (χ1) is 14.8. The largest absolute Gasteiger partial charge is 0.447 e. The number of alkyl halides is 3. The number of halogens is 3. The predicted molar refractivity (Wildman–Crippen MR) is 109 cm³/mol. The van der Waals surface area contributed by atoms with Gasteiger partial charge in [-0.15, -0.1) is 11.3 Å². The molecule has 0 atom stereocenters. The summed E-state index contributed by atoms with van der Waals surface area (Å²) < 4.78 is 49.5. The van der Waals surface area contributed by atoms with Crippen LogP contribution in [0.2, 0.25) is 0 Å². The van der Waals surface area contributed by atoms with Crippen molar-refractivity contribution in [2.24, 2.45) is 0 Å². The first kappa shape index (κ1) is 23.0. The molecule has 0 fully saturated rings. The number of benzene rings is 1. The van der Waals surface area contributed by atoms with Crippen molar-refractivity contribution in [3.05, 3.63) is 75.6 Å². The van der Waals surface area contributed by atoms with Crippen molar-refractivity contribution in [1.29, 1.82) is 0 Å². The van der Waals surface area contributed by atoms with Crippen molar-refractivity contribution in [3.8, 4) is 0 Å². The minimum Gasteiger partial charge on any atom is -0.447 e. The van der Waals surface area contributed by atoms with Gasteiger partial charge >= 0.3 is 6.18 Å². The molecule has 0 aliphatic heterocycles. The Labute approximate surface area is 181 Å². The molecule has 0 unspecified atom stereocenters. The number of ether oxygens (including phenoxy) is 1. The first-order valence-electron chi connectivity index (χ1n) is 9.47. The van der Waals surface area contributed by atoms with Crippen LogP contribution in [-0.4, -0.2) is 36.1 Å². The van der Waals surface area contributed by atoms with Gasteiger partial charge in [0.15, 0.2) is 5.69 Å². The lowest BCUT2D eigenvalue weighted by molar-refractivity contribution is -0.137. The van der Waals surface area contributed by atoms with Gasteiger partial charge in [-0.1, -0.05) is 24.3 Å². The summed E-state index contributed by atoms with van der Waals surface area (Å²) >= 11 is 1.55. The molecule has 0 saturated heterocycles. The number of rotatable bonds is 10. The number of nitrogens with zero attached hydrogens (tertiary/aromatic N) is 2. The molecule has 0 aliphatic carbocycles. The lowest BCUT2D eigenvalue weighted by atomic mass is 10.1. The highest BCUT2D eigenvalue weighted by Gasteiger charge is 2.30. The van der Waals surface area contributed by atoms with Crippen molar-refractivity contribution in [3.63, 3.8) is 0 Å². The van der Waals surface area contributed by atoms with Gasteiger partial charge in [0.2, 0.25) is 5.89 Å². The van der Waals surface area contributed by atoms with Crippen molar-refractivity contribution in [1.82, 2.24) is 15.2 Å². The summed E-state index contributed by atoms with van der Waals surface area (Å²) in [5.74, 6) is -0.0739. The van der Waals surface area contributed by atoms with Crippen molar-refractivity contribution in [2.45, 2.75) is 25.8 Å². The molecule has 0 spiro atoms. The molecule has 3 aromatic rings. The van der Waals surface area contributed by atoms with Crippen LogP contribution in [0, 0.1) is 0 Å². The first-order valence-corrected chi connectivity index (χ1v) is 10.4. The standard InChI is InChI=1S/C21H22F3N3O3S/c1-29-8-7-25-20(28)18-14-30-19(26-18)13-27(12-17-6-3-9-31-17)11-15-4-2-5-16(10-15)21(22,23)24/h2-6,9-10,14H,7-8,11-13H2,1H3,(H,25,28). The molecule has 1 N–H and O–H groups in total. The molecular formula is C21H22F3N3O3S. The second-order valence-electron chi connectivity index (χ2n) is 6.80. The van der Waals surface area contributed by atoms with E-state index < -0.39 is 11.7 Å². The smallest absolute Gasteiger partial charge is 0.416 e. The van der Waals surface area contributed by atoms with Crippen LogP contribution in [0.15, 0.2) is 52.5 Å². The van der Waals surface area contributed by atoms with Gasteiger partial charge in [-0.05, 0) is 23.1 Å². The number of carbonyl (C=O) groups is 1. The van der Waals surface area contributed by atoms with E-state index in [1.54, 1.807) is 17.4 Å². The van der Waals surface area contributed by atoms with Crippen LogP contribution in [0.1, 0.15) is 32.4 Å². The molecule has 3 rings (SSSR count). The molecule has 6 nitrogen and oxygen atoms in total. The SMILES string of the molecule is COCCNC(=O)c1coc(CN(Cc2cccc(C(F)(F)F)c2)Cc2cccs2)n1. The third-order valence-electron chi connectivity index (χ3n) is 4.36. The highest BCUT2D eigenvalue weighted by molar-refractivity contribution is 7.09. The zero-order chi connectivity index (χ0) is 22.3. The Morgan fingerprint density at radius 2 is 2.06 bits per heavy atom. The van der Waals surface area contributed by atoms with Gasteiger partial charge in [-0.2, -0.15) is 13.2 Å². The summed E-state index contributed by atoms with van der Waals surface area (Å²) in [5.41, 5.74) is -0.0241. The Hall–Kier alpha value is -2.69. The lowest BCUT2D eigenvalue weighted by Gasteiger charge is -2.21. The molecule has 2 aromatic heterocycles. The molecule has 1 aromatic carbocycles. The maximum absolute atomic E-state index is 13.1. The van der Waals surface area contributed by atoms with Crippen LogP contribution in [0.3, 0.4) is 0 Å². The fourth-order valence-electron chi connectivity index (χ4n) is 2.93. The fraction of sp³-hybridized carbons (Fsp3) is 0.333. The molecule has 0 aliphatic rings. The molecule has 0 bridgehead atoms. The van der Waals surface area contributed by atoms with Gasteiger partial charge in [-0.3, -0.25) is 9.69 Å². The number of methoxy groups -OCH3 is 1. The van der Waals surface area contributed by atoms with E-state index in [0.29, 0.717) is 31.2 Å². The third-order valence-corrected chi connectivity index (χ3v) is 5.22. The van der Waals surface area contributed by atoms with Crippen LogP contribution in [0.25, 0.3) is 0 Å². The van der Waals surface area contributed by atoms with Crippen LogP contribution in [0.4, 0.5) is 13.2 Å². The summed E-state index contributed by atoms with van der Waals surface area (Å²) in [6, 6.07) is 9.11. The number of hydrogen-bond donors (Lipinski definition) is 1. The van der Waals surface area contributed by atoms with E-state index in [4.69, 9.17) is 9.15 Å². The Balaban J connectivity index is 1.72. The van der Waals surface area contributed by atoms with E-state index in [1.807, 2.05) is 22.4 Å². The monoisotopic (exact) mass is 453 g/mol. The summed E-state index contributed by atoms with van der Waals surface area (Å²) in [7, 11) is 1.53. The number of aromatic nitrogens is 1. The number of hydrogen-bond acceptors (Lipinski definition) is 6. The van der Waals surface area contributed by atoms with Gasteiger partial charge in [0, 0.05) is 31.6 Å². The maximum atomic E-state index is 13.1. The van der Waals surface area contributed by atoms with Crippen molar-refractivity contribution >= 4 is 17.2 Å². The van der Waals surface area contributed by atoms with E-state index >= 15 is 0 Å². The molecule has 31 heavy (non-hydrogen) atoms. The molecule has 10 heteroatoms. The molecular weight excluding hydrogens is 431 g/mol. The topological polar surface area (TPSA) is 67.6 Å². The van der Waals surface area contributed by atoms with Gasteiger partial charge in [0.25, 0.3) is 5.91 Å². The van der Waals surface area contributed by atoms with Crippen LogP contribution < -0.4 is 5.32 Å². The Morgan fingerprint density at radius 3 is 2.77 bits per heavy atom. The molecule has 1 amide bonds. The molecule has 2 heterocycles. The highest BCUT2D eigenvalue weighted by Crippen LogP contribution is 2.30. The van der Waals surface area contributed by atoms with E-state index in [9.17, 15) is 18.0 Å². The van der Waals surface area contributed by atoms with Crippen LogP contribution >= 0.6 is 11.3 Å². The molecule has 0 radical (unpaired) electrons. The quantitative estimate of drug-likeness (QED) is 0.463. The number of nitrogens with one attached hydrogen (secondary N) is 1. The summed E-state index contributed by atoms with van der Waals surface area (Å²) in [6.07, 6.45) is -3.13. The Morgan fingerprint density at radius 1 is 1.23 bits per heavy atom. The second kappa shape index (κ2) is 10.6. The highest BCUT2D eigenvalue weighted by atomic mass is 32.1. The van der Waals surface area contributed by atoms with Crippen LogP contribution in [0.5, 0.6) is 0 Å². The van der Waals surface area contributed by atoms with E-state index in [-0.39, 0.29) is 24.7 Å². The van der Waals surface area contributed by atoms with Gasteiger partial charge < -0.3 is 14.5 Å². The average Bonchev–Trinajstić information content (AvgIpc) is 3.40.